The van der Waals surface area contributed by atoms with Crippen molar-refractivity contribution in [2.24, 2.45) is 5.73 Å². The summed E-state index contributed by atoms with van der Waals surface area (Å²) in [4.78, 5) is 46.4. The third-order valence-electron chi connectivity index (χ3n) is 5.06. The number of aliphatic carboxylic acids is 1. The van der Waals surface area contributed by atoms with E-state index in [1.54, 1.807) is 0 Å². The Hall–Kier alpha value is -3.22. The van der Waals surface area contributed by atoms with Gasteiger partial charge >= 0.3 is 12.1 Å². The van der Waals surface area contributed by atoms with Gasteiger partial charge in [-0.05, 0) is 37.9 Å². The second-order valence-electron chi connectivity index (χ2n) is 7.46. The van der Waals surface area contributed by atoms with Crippen LogP contribution < -0.4 is 16.4 Å². The van der Waals surface area contributed by atoms with E-state index in [0.717, 1.165) is 19.3 Å². The quantitative estimate of drug-likeness (QED) is 0.267. The number of nitrogens with zero attached hydrogens (tertiary/aromatic N) is 1. The molecule has 0 saturated carbocycles. The average molecular weight is 476 g/mol. The van der Waals surface area contributed by atoms with Gasteiger partial charge in [-0.3, -0.25) is 19.7 Å². The molecule has 3 rings (SSSR count). The summed E-state index contributed by atoms with van der Waals surface area (Å²) < 4.78 is 45.7. The number of nitrogens with one attached hydrogen (secondary N) is 2. The number of carboxylic acids is 1. The number of unbranched alkanes of at least 4 members (excludes halogenated alkanes) is 2. The normalized spacial score (nSPS) is 17.8. The Morgan fingerprint density at radius 3 is 2.45 bits per heavy atom. The van der Waals surface area contributed by atoms with Crippen LogP contribution in [0.3, 0.4) is 0 Å². The van der Waals surface area contributed by atoms with E-state index in [9.17, 15) is 31.9 Å². The number of benzene rings is 1. The van der Waals surface area contributed by atoms with Crippen molar-refractivity contribution in [3.8, 4) is 0 Å². The molecule has 33 heavy (non-hydrogen) atoms. The molecule has 1 aromatic rings. The number of piperidine rings is 1. The molecule has 1 saturated heterocycles. The van der Waals surface area contributed by atoms with Crippen molar-refractivity contribution in [1.82, 2.24) is 10.2 Å². The van der Waals surface area contributed by atoms with E-state index < -0.39 is 29.9 Å². The molecule has 0 radical (unpaired) electrons. The molecule has 1 atom stereocenters. The first-order valence-electron chi connectivity index (χ1n) is 10.2. The highest BCUT2D eigenvalue weighted by molar-refractivity contribution is 6.06. The van der Waals surface area contributed by atoms with Crippen LogP contribution in [-0.2, 0) is 20.9 Å². The molecule has 0 aliphatic carbocycles. The first kappa shape index (κ1) is 26.0. The summed E-state index contributed by atoms with van der Waals surface area (Å²) in [5.41, 5.74) is 7.02. The van der Waals surface area contributed by atoms with Crippen LogP contribution in [0.1, 0.15) is 48.0 Å². The van der Waals surface area contributed by atoms with E-state index in [2.05, 4.69) is 10.6 Å². The molecule has 2 aliphatic heterocycles. The second kappa shape index (κ2) is 11.1. The first-order chi connectivity index (χ1) is 15.5. The summed E-state index contributed by atoms with van der Waals surface area (Å²) in [7, 11) is 0. The van der Waals surface area contributed by atoms with Crippen LogP contribution in [-0.4, -0.2) is 59.0 Å². The van der Waals surface area contributed by atoms with Crippen LogP contribution in [0.5, 0.6) is 0 Å². The highest BCUT2D eigenvalue weighted by Gasteiger charge is 2.40. The Morgan fingerprint density at radius 2 is 1.88 bits per heavy atom. The first-order valence-corrected chi connectivity index (χ1v) is 10.2. The molecule has 1 fully saturated rings. The number of fused-ring (bicyclic) bond motifs is 1. The number of hydrogen-bond acceptors (Lipinski definition) is 6. The fourth-order valence-electron chi connectivity index (χ4n) is 3.45. The Balaban J connectivity index is 0.000000479. The van der Waals surface area contributed by atoms with Gasteiger partial charge in [0, 0.05) is 36.3 Å². The van der Waals surface area contributed by atoms with Crippen molar-refractivity contribution in [1.29, 1.82) is 0 Å². The van der Waals surface area contributed by atoms with Gasteiger partial charge in [-0.2, -0.15) is 13.2 Å². The number of carboxylic acid groups (broad SMARTS) is 1. The predicted molar refractivity (Wildman–Crippen MR) is 108 cm³/mol. The molecule has 182 valence electrons. The molecular formula is C20H24F4N4O5. The van der Waals surface area contributed by atoms with Gasteiger partial charge in [0.15, 0.2) is 0 Å². The van der Waals surface area contributed by atoms with E-state index in [1.165, 1.54) is 17.0 Å². The third-order valence-corrected chi connectivity index (χ3v) is 5.06. The third kappa shape index (κ3) is 6.88. The highest BCUT2D eigenvalue weighted by Crippen LogP contribution is 2.33. The van der Waals surface area contributed by atoms with Gasteiger partial charge in [-0.25, -0.2) is 9.18 Å². The van der Waals surface area contributed by atoms with Crippen LogP contribution >= 0.6 is 0 Å². The maximum atomic E-state index is 14.0. The highest BCUT2D eigenvalue weighted by atomic mass is 19.4. The minimum absolute atomic E-state index is 0.192. The molecular weight excluding hydrogens is 452 g/mol. The summed E-state index contributed by atoms with van der Waals surface area (Å²) in [6, 6.07) is 1.89. The van der Waals surface area contributed by atoms with E-state index in [-0.39, 0.29) is 36.8 Å². The van der Waals surface area contributed by atoms with Crippen LogP contribution in [0, 0.1) is 5.82 Å². The smallest absolute Gasteiger partial charge is 0.475 e. The lowest BCUT2D eigenvalue weighted by atomic mass is 10.0. The summed E-state index contributed by atoms with van der Waals surface area (Å²) in [6.07, 6.45) is -1.80. The van der Waals surface area contributed by atoms with Crippen molar-refractivity contribution >= 4 is 29.4 Å². The van der Waals surface area contributed by atoms with Crippen molar-refractivity contribution in [3.63, 3.8) is 0 Å². The molecule has 3 amide bonds. The van der Waals surface area contributed by atoms with Crippen molar-refractivity contribution < 1.29 is 41.8 Å². The summed E-state index contributed by atoms with van der Waals surface area (Å²) in [6.45, 7) is 1.53. The Labute approximate surface area is 186 Å². The zero-order valence-corrected chi connectivity index (χ0v) is 17.5. The fraction of sp³-hybridized carbons (Fsp3) is 0.500. The maximum Gasteiger partial charge on any atom is 0.490 e. The van der Waals surface area contributed by atoms with Crippen LogP contribution in [0.2, 0.25) is 0 Å². The Kier molecular flexibility index (Phi) is 8.74. The number of imide groups is 1. The van der Waals surface area contributed by atoms with Gasteiger partial charge in [0.2, 0.25) is 11.8 Å². The number of rotatable bonds is 7. The number of amides is 3. The Morgan fingerprint density at radius 1 is 1.21 bits per heavy atom. The summed E-state index contributed by atoms with van der Waals surface area (Å²) >= 11 is 0. The number of anilines is 1. The van der Waals surface area contributed by atoms with Gasteiger partial charge in [0.25, 0.3) is 5.91 Å². The van der Waals surface area contributed by atoms with Crippen LogP contribution in [0.25, 0.3) is 0 Å². The number of carbonyl (C=O) groups excluding carboxylic acids is 3. The van der Waals surface area contributed by atoms with E-state index in [1.807, 2.05) is 0 Å². The van der Waals surface area contributed by atoms with Crippen LogP contribution in [0.4, 0.5) is 23.2 Å². The molecule has 1 aromatic carbocycles. The number of nitrogens with two attached hydrogens (primary N) is 1. The largest absolute Gasteiger partial charge is 0.490 e. The molecule has 0 bridgehead atoms. The van der Waals surface area contributed by atoms with E-state index >= 15 is 0 Å². The molecule has 0 spiro atoms. The second-order valence-corrected chi connectivity index (χ2v) is 7.46. The van der Waals surface area contributed by atoms with Crippen molar-refractivity contribution in [2.45, 2.75) is 50.9 Å². The molecule has 0 aromatic heterocycles. The number of carbonyl (C=O) groups is 4. The van der Waals surface area contributed by atoms with Crippen molar-refractivity contribution in [3.05, 3.63) is 29.1 Å². The standard InChI is InChI=1S/C18H23FN4O3.C2HF3O2/c19-11-8-12-13(14(9-11)21-7-3-1-2-6-20)10-23(18(12)26)15-4-5-16(24)22-17(15)25;3-2(4,5)1(6)7/h8-9,15,21H,1-7,10,20H2,(H,22,24,25);(H,6,7). The molecule has 2 heterocycles. The van der Waals surface area contributed by atoms with Gasteiger partial charge in [0.1, 0.15) is 11.9 Å². The molecule has 13 heteroatoms. The van der Waals surface area contributed by atoms with Gasteiger partial charge < -0.3 is 21.1 Å². The minimum atomic E-state index is -5.08. The monoisotopic (exact) mass is 476 g/mol. The van der Waals surface area contributed by atoms with Crippen molar-refractivity contribution in [2.75, 3.05) is 18.4 Å². The fourth-order valence-corrected chi connectivity index (χ4v) is 3.45. The van der Waals surface area contributed by atoms with E-state index in [4.69, 9.17) is 15.6 Å². The molecule has 2 aliphatic rings. The van der Waals surface area contributed by atoms with Crippen LogP contribution in [0.15, 0.2) is 12.1 Å². The summed E-state index contributed by atoms with van der Waals surface area (Å²) in [5, 5.41) is 12.6. The van der Waals surface area contributed by atoms with Gasteiger partial charge in [0.05, 0.1) is 0 Å². The number of alkyl halides is 3. The number of hydrogen-bond donors (Lipinski definition) is 4. The lowest BCUT2D eigenvalue weighted by Gasteiger charge is -2.29. The average Bonchev–Trinajstić information content (AvgIpc) is 3.04. The molecule has 1 unspecified atom stereocenters. The predicted octanol–water partition coefficient (Wildman–Crippen LogP) is 1.76. The molecule has 9 nitrogen and oxygen atoms in total. The minimum Gasteiger partial charge on any atom is -0.475 e. The van der Waals surface area contributed by atoms with E-state index in [0.29, 0.717) is 24.3 Å². The van der Waals surface area contributed by atoms with Gasteiger partial charge in [-0.15, -0.1) is 0 Å². The molecule has 5 N–H and O–H groups in total. The van der Waals surface area contributed by atoms with Gasteiger partial charge in [-0.1, -0.05) is 6.42 Å². The number of halogens is 4. The zero-order chi connectivity index (χ0) is 24.8. The maximum absolute atomic E-state index is 14.0. The lowest BCUT2D eigenvalue weighted by Crippen LogP contribution is -2.52. The Bertz CT molecular complexity index is 922. The SMILES string of the molecule is NCCCCCNc1cc(F)cc2c1CN(C1CCC(=O)NC1=O)C2=O.O=C(O)C(F)(F)F. The topological polar surface area (TPSA) is 142 Å². The zero-order valence-electron chi connectivity index (χ0n) is 17.5. The lowest BCUT2D eigenvalue weighted by molar-refractivity contribution is -0.192. The summed E-state index contributed by atoms with van der Waals surface area (Å²) in [5.74, 6) is -4.43.